The van der Waals surface area contributed by atoms with Crippen molar-refractivity contribution in [1.29, 1.82) is 0 Å². The Morgan fingerprint density at radius 3 is 1.75 bits per heavy atom. The van der Waals surface area contributed by atoms with Crippen LogP contribution in [0, 0.1) is 0 Å². The SMILES string of the molecule is CCCCCCCCC(NCCC)C(CCC)(CCC)NCCC. The Morgan fingerprint density at radius 2 is 1.21 bits per heavy atom. The molecule has 0 fully saturated rings. The van der Waals surface area contributed by atoms with Gasteiger partial charge < -0.3 is 10.6 Å². The van der Waals surface area contributed by atoms with E-state index in [0.717, 1.165) is 13.1 Å². The lowest BCUT2D eigenvalue weighted by atomic mass is 9.78. The molecule has 0 aromatic heterocycles. The summed E-state index contributed by atoms with van der Waals surface area (Å²) in [7, 11) is 0. The zero-order valence-electron chi connectivity index (χ0n) is 17.7. The van der Waals surface area contributed by atoms with Gasteiger partial charge in [0.05, 0.1) is 0 Å². The van der Waals surface area contributed by atoms with E-state index >= 15 is 0 Å². The molecule has 0 aliphatic heterocycles. The van der Waals surface area contributed by atoms with Crippen LogP contribution in [0.1, 0.15) is 118 Å². The predicted octanol–water partition coefficient (Wildman–Crippen LogP) is 6.44. The third kappa shape index (κ3) is 10.0. The summed E-state index contributed by atoms with van der Waals surface area (Å²) in [6.45, 7) is 13.9. The zero-order valence-corrected chi connectivity index (χ0v) is 17.7. The molecule has 0 aliphatic carbocycles. The number of unbranched alkanes of at least 4 members (excludes halogenated alkanes) is 5. The lowest BCUT2D eigenvalue weighted by Gasteiger charge is -2.43. The van der Waals surface area contributed by atoms with Gasteiger partial charge >= 0.3 is 0 Å². The van der Waals surface area contributed by atoms with E-state index in [1.165, 1.54) is 83.5 Å². The average Bonchev–Trinajstić information content (AvgIpc) is 2.58. The van der Waals surface area contributed by atoms with Crippen LogP contribution < -0.4 is 10.6 Å². The van der Waals surface area contributed by atoms with Gasteiger partial charge in [0.2, 0.25) is 0 Å². The maximum atomic E-state index is 3.99. The molecule has 2 N–H and O–H groups in total. The monoisotopic (exact) mass is 340 g/mol. The smallest absolute Gasteiger partial charge is 0.0334 e. The first-order valence-corrected chi connectivity index (χ1v) is 11.2. The van der Waals surface area contributed by atoms with Crippen LogP contribution in [0.4, 0.5) is 0 Å². The molecule has 0 aromatic rings. The van der Waals surface area contributed by atoms with Crippen LogP contribution >= 0.6 is 0 Å². The largest absolute Gasteiger partial charge is 0.312 e. The molecule has 0 radical (unpaired) electrons. The van der Waals surface area contributed by atoms with Crippen LogP contribution in [0.5, 0.6) is 0 Å². The highest BCUT2D eigenvalue weighted by Gasteiger charge is 2.35. The van der Waals surface area contributed by atoms with Crippen molar-refractivity contribution >= 4 is 0 Å². The van der Waals surface area contributed by atoms with Gasteiger partial charge in [-0.25, -0.2) is 0 Å². The third-order valence-electron chi connectivity index (χ3n) is 5.27. The number of nitrogens with one attached hydrogen (secondary N) is 2. The van der Waals surface area contributed by atoms with Gasteiger partial charge in [0.15, 0.2) is 0 Å². The highest BCUT2D eigenvalue weighted by atomic mass is 15.1. The van der Waals surface area contributed by atoms with Crippen molar-refractivity contribution in [2.45, 2.75) is 130 Å². The molecule has 0 heterocycles. The molecular formula is C22H48N2. The second-order valence-corrected chi connectivity index (χ2v) is 7.65. The molecule has 0 saturated carbocycles. The van der Waals surface area contributed by atoms with Gasteiger partial charge in [-0.15, -0.1) is 0 Å². The van der Waals surface area contributed by atoms with E-state index in [9.17, 15) is 0 Å². The van der Waals surface area contributed by atoms with E-state index in [0.29, 0.717) is 11.6 Å². The van der Waals surface area contributed by atoms with E-state index in [-0.39, 0.29) is 0 Å². The molecule has 24 heavy (non-hydrogen) atoms. The highest BCUT2D eigenvalue weighted by molar-refractivity contribution is 4.98. The molecule has 0 saturated heterocycles. The Kier molecular flexibility index (Phi) is 16.3. The second kappa shape index (κ2) is 16.4. The number of rotatable bonds is 18. The Morgan fingerprint density at radius 1 is 0.625 bits per heavy atom. The summed E-state index contributed by atoms with van der Waals surface area (Å²) in [5.41, 5.74) is 0.304. The lowest BCUT2D eigenvalue weighted by molar-refractivity contribution is 0.185. The maximum absolute atomic E-state index is 3.99. The van der Waals surface area contributed by atoms with Crippen molar-refractivity contribution in [2.75, 3.05) is 13.1 Å². The van der Waals surface area contributed by atoms with Crippen LogP contribution in [-0.2, 0) is 0 Å². The van der Waals surface area contributed by atoms with Crippen LogP contribution in [0.2, 0.25) is 0 Å². The molecule has 0 bridgehead atoms. The van der Waals surface area contributed by atoms with Crippen molar-refractivity contribution in [2.24, 2.45) is 0 Å². The van der Waals surface area contributed by atoms with Crippen molar-refractivity contribution in [3.05, 3.63) is 0 Å². The molecule has 0 spiro atoms. The Balaban J connectivity index is 4.78. The quantitative estimate of drug-likeness (QED) is 0.280. The van der Waals surface area contributed by atoms with Crippen LogP contribution in [0.15, 0.2) is 0 Å². The van der Waals surface area contributed by atoms with E-state index in [1.807, 2.05) is 0 Å². The topological polar surface area (TPSA) is 24.1 Å². The van der Waals surface area contributed by atoms with Gasteiger partial charge in [0.25, 0.3) is 0 Å². The lowest BCUT2D eigenvalue weighted by Crippen LogP contribution is -2.60. The van der Waals surface area contributed by atoms with E-state index in [4.69, 9.17) is 0 Å². The molecule has 0 rings (SSSR count). The average molecular weight is 341 g/mol. The van der Waals surface area contributed by atoms with Gasteiger partial charge in [-0.05, 0) is 45.2 Å². The number of hydrogen-bond donors (Lipinski definition) is 2. The van der Waals surface area contributed by atoms with Crippen molar-refractivity contribution < 1.29 is 0 Å². The fraction of sp³-hybridized carbons (Fsp3) is 1.00. The van der Waals surface area contributed by atoms with Gasteiger partial charge in [-0.3, -0.25) is 0 Å². The first-order valence-electron chi connectivity index (χ1n) is 11.2. The second-order valence-electron chi connectivity index (χ2n) is 7.65. The zero-order chi connectivity index (χ0) is 18.1. The summed E-state index contributed by atoms with van der Waals surface area (Å²) in [6, 6.07) is 0.634. The van der Waals surface area contributed by atoms with Crippen LogP contribution in [0.3, 0.4) is 0 Å². The normalized spacial score (nSPS) is 13.4. The van der Waals surface area contributed by atoms with Crippen LogP contribution in [-0.4, -0.2) is 24.7 Å². The third-order valence-corrected chi connectivity index (χ3v) is 5.27. The molecule has 0 aliphatic rings. The minimum Gasteiger partial charge on any atom is -0.312 e. The van der Waals surface area contributed by atoms with Gasteiger partial charge in [0, 0.05) is 11.6 Å². The fourth-order valence-electron chi connectivity index (χ4n) is 4.06. The fourth-order valence-corrected chi connectivity index (χ4v) is 4.06. The Bertz CT molecular complexity index is 246. The Hall–Kier alpha value is -0.0800. The van der Waals surface area contributed by atoms with E-state index < -0.39 is 0 Å². The molecule has 0 amide bonds. The Labute approximate surface area is 154 Å². The predicted molar refractivity (Wildman–Crippen MR) is 111 cm³/mol. The summed E-state index contributed by atoms with van der Waals surface area (Å²) in [5, 5.41) is 7.92. The molecule has 2 heteroatoms. The molecule has 2 nitrogen and oxygen atoms in total. The molecular weight excluding hydrogens is 292 g/mol. The summed E-state index contributed by atoms with van der Waals surface area (Å²) >= 11 is 0. The molecule has 146 valence electrons. The summed E-state index contributed by atoms with van der Waals surface area (Å²) in [5.74, 6) is 0. The van der Waals surface area contributed by atoms with E-state index in [1.54, 1.807) is 0 Å². The van der Waals surface area contributed by atoms with Crippen molar-refractivity contribution in [3.8, 4) is 0 Å². The summed E-state index contributed by atoms with van der Waals surface area (Å²) in [6.07, 6.45) is 17.3. The number of hydrogen-bond acceptors (Lipinski definition) is 2. The first kappa shape index (κ1) is 23.9. The first-order chi connectivity index (χ1) is 11.7. The van der Waals surface area contributed by atoms with Crippen molar-refractivity contribution in [3.63, 3.8) is 0 Å². The minimum atomic E-state index is 0.304. The van der Waals surface area contributed by atoms with Crippen LogP contribution in [0.25, 0.3) is 0 Å². The molecule has 0 aromatic carbocycles. The van der Waals surface area contributed by atoms with Gasteiger partial charge in [-0.2, -0.15) is 0 Å². The van der Waals surface area contributed by atoms with E-state index in [2.05, 4.69) is 45.3 Å². The molecule has 1 unspecified atom stereocenters. The van der Waals surface area contributed by atoms with Gasteiger partial charge in [-0.1, -0.05) is 86.0 Å². The standard InChI is InChI=1S/C22H48N2/c1-6-11-12-13-14-15-16-21(23-19-9-4)22(17-7-2,18-8-3)24-20-10-5/h21,23-24H,6-20H2,1-5H3. The minimum absolute atomic E-state index is 0.304. The molecule has 1 atom stereocenters. The summed E-state index contributed by atoms with van der Waals surface area (Å²) in [4.78, 5) is 0. The maximum Gasteiger partial charge on any atom is 0.0334 e. The van der Waals surface area contributed by atoms with Gasteiger partial charge in [0.1, 0.15) is 0 Å². The highest BCUT2D eigenvalue weighted by Crippen LogP contribution is 2.28. The van der Waals surface area contributed by atoms with Crippen molar-refractivity contribution in [1.82, 2.24) is 10.6 Å². The summed E-state index contributed by atoms with van der Waals surface area (Å²) < 4.78 is 0.